The van der Waals surface area contributed by atoms with Gasteiger partial charge in [0, 0.05) is 6.42 Å². The van der Waals surface area contributed by atoms with Crippen molar-refractivity contribution in [1.82, 2.24) is 5.32 Å². The van der Waals surface area contributed by atoms with Gasteiger partial charge in [-0.05, 0) is 17.7 Å². The smallest absolute Gasteiger partial charge is 0.328 e. The number of aliphatic carboxylic acids is 1. The second kappa shape index (κ2) is 8.74. The van der Waals surface area contributed by atoms with E-state index < -0.39 is 36.4 Å². The number of carboxylic acid groups (broad SMARTS) is 1. The molecule has 0 aromatic heterocycles. The molecule has 0 fully saturated rings. The standard InChI is InChI=1S/C15H20N2O6/c1-22-10-5-3-9(4-6-10)7-12(15(21)23-2)17-14(20)11(16)8-13(18)19/h3-6,11-12H,7-8,16H2,1-2H3,(H,17,20)(H,18,19)/t11-,12-/m0/s1. The summed E-state index contributed by atoms with van der Waals surface area (Å²) in [6, 6.07) is 4.75. The van der Waals surface area contributed by atoms with E-state index in [0.717, 1.165) is 5.56 Å². The molecule has 0 unspecified atom stereocenters. The summed E-state index contributed by atoms with van der Waals surface area (Å²) in [4.78, 5) is 34.3. The first-order chi connectivity index (χ1) is 10.9. The summed E-state index contributed by atoms with van der Waals surface area (Å²) in [7, 11) is 2.74. The van der Waals surface area contributed by atoms with E-state index in [1.54, 1.807) is 24.3 Å². The molecule has 1 aromatic carbocycles. The summed E-state index contributed by atoms with van der Waals surface area (Å²) in [5, 5.41) is 11.1. The summed E-state index contributed by atoms with van der Waals surface area (Å²) in [5.41, 5.74) is 6.25. The Hall–Kier alpha value is -2.61. The number of rotatable bonds is 8. The highest BCUT2D eigenvalue weighted by Gasteiger charge is 2.25. The van der Waals surface area contributed by atoms with Crippen molar-refractivity contribution in [2.45, 2.75) is 24.9 Å². The number of hydrogen-bond acceptors (Lipinski definition) is 6. The maximum atomic E-state index is 11.9. The van der Waals surface area contributed by atoms with E-state index in [2.05, 4.69) is 10.1 Å². The van der Waals surface area contributed by atoms with Crippen LogP contribution in [-0.4, -0.2) is 49.3 Å². The number of ether oxygens (including phenoxy) is 2. The summed E-state index contributed by atoms with van der Waals surface area (Å²) < 4.78 is 9.70. The van der Waals surface area contributed by atoms with Crippen molar-refractivity contribution < 1.29 is 29.0 Å². The number of carbonyl (C=O) groups is 3. The zero-order chi connectivity index (χ0) is 17.4. The number of benzene rings is 1. The molecule has 1 rings (SSSR count). The van der Waals surface area contributed by atoms with Crippen LogP contribution >= 0.6 is 0 Å². The van der Waals surface area contributed by atoms with E-state index in [0.29, 0.717) is 5.75 Å². The van der Waals surface area contributed by atoms with Crippen molar-refractivity contribution in [3.63, 3.8) is 0 Å². The van der Waals surface area contributed by atoms with Crippen molar-refractivity contribution in [3.8, 4) is 5.75 Å². The van der Waals surface area contributed by atoms with Crippen LogP contribution in [-0.2, 0) is 25.5 Å². The molecule has 4 N–H and O–H groups in total. The lowest BCUT2D eigenvalue weighted by Crippen LogP contribution is -2.50. The highest BCUT2D eigenvalue weighted by molar-refractivity contribution is 5.89. The molecule has 2 atom stereocenters. The normalized spacial score (nSPS) is 12.8. The van der Waals surface area contributed by atoms with Gasteiger partial charge in [0.1, 0.15) is 11.8 Å². The first kappa shape index (κ1) is 18.4. The Morgan fingerprint density at radius 2 is 1.83 bits per heavy atom. The molecule has 8 heteroatoms. The Morgan fingerprint density at radius 1 is 1.22 bits per heavy atom. The predicted molar refractivity (Wildman–Crippen MR) is 80.9 cm³/mol. The minimum absolute atomic E-state index is 0.183. The second-order valence-corrected chi connectivity index (χ2v) is 4.84. The van der Waals surface area contributed by atoms with Gasteiger partial charge in [0.15, 0.2) is 0 Å². The molecule has 126 valence electrons. The van der Waals surface area contributed by atoms with Crippen molar-refractivity contribution in [2.24, 2.45) is 5.73 Å². The zero-order valence-electron chi connectivity index (χ0n) is 12.9. The van der Waals surface area contributed by atoms with E-state index in [1.165, 1.54) is 14.2 Å². The Labute approximate surface area is 133 Å². The summed E-state index contributed by atoms with van der Waals surface area (Å²) in [6.45, 7) is 0. The van der Waals surface area contributed by atoms with Gasteiger partial charge in [0.25, 0.3) is 0 Å². The largest absolute Gasteiger partial charge is 0.497 e. The highest BCUT2D eigenvalue weighted by Crippen LogP contribution is 2.13. The molecule has 0 saturated heterocycles. The number of hydrogen-bond donors (Lipinski definition) is 3. The minimum Gasteiger partial charge on any atom is -0.497 e. The number of methoxy groups -OCH3 is 2. The fourth-order valence-electron chi connectivity index (χ4n) is 1.89. The van der Waals surface area contributed by atoms with E-state index >= 15 is 0 Å². The monoisotopic (exact) mass is 324 g/mol. The minimum atomic E-state index is -1.24. The van der Waals surface area contributed by atoms with Gasteiger partial charge in [-0.2, -0.15) is 0 Å². The maximum absolute atomic E-state index is 11.9. The molecule has 0 spiro atoms. The lowest BCUT2D eigenvalue weighted by atomic mass is 10.0. The van der Waals surface area contributed by atoms with Gasteiger partial charge in [0.05, 0.1) is 26.7 Å². The zero-order valence-corrected chi connectivity index (χ0v) is 12.9. The first-order valence-electron chi connectivity index (χ1n) is 6.86. The van der Waals surface area contributed by atoms with Gasteiger partial charge in [-0.25, -0.2) is 4.79 Å². The molecule has 0 aliphatic heterocycles. The van der Waals surface area contributed by atoms with Gasteiger partial charge in [-0.15, -0.1) is 0 Å². The molecule has 0 saturated carbocycles. The molecular formula is C15H20N2O6. The van der Waals surface area contributed by atoms with E-state index in [-0.39, 0.29) is 6.42 Å². The van der Waals surface area contributed by atoms with Crippen molar-refractivity contribution in [2.75, 3.05) is 14.2 Å². The van der Waals surface area contributed by atoms with Gasteiger partial charge < -0.3 is 25.6 Å². The van der Waals surface area contributed by atoms with Crippen molar-refractivity contribution >= 4 is 17.8 Å². The van der Waals surface area contributed by atoms with Crippen LogP contribution in [0.3, 0.4) is 0 Å². The SMILES string of the molecule is COC(=O)[C@H](Cc1ccc(OC)cc1)NC(=O)[C@@H](N)CC(=O)O. The molecule has 0 aliphatic carbocycles. The lowest BCUT2D eigenvalue weighted by molar-refractivity contribution is -0.145. The Balaban J connectivity index is 2.77. The molecule has 1 aromatic rings. The highest BCUT2D eigenvalue weighted by atomic mass is 16.5. The average Bonchev–Trinajstić information content (AvgIpc) is 2.53. The Morgan fingerprint density at radius 3 is 2.30 bits per heavy atom. The molecule has 23 heavy (non-hydrogen) atoms. The average molecular weight is 324 g/mol. The van der Waals surface area contributed by atoms with Crippen LogP contribution in [0.4, 0.5) is 0 Å². The molecular weight excluding hydrogens is 304 g/mol. The van der Waals surface area contributed by atoms with Gasteiger partial charge >= 0.3 is 11.9 Å². The van der Waals surface area contributed by atoms with Crippen LogP contribution < -0.4 is 15.8 Å². The second-order valence-electron chi connectivity index (χ2n) is 4.84. The van der Waals surface area contributed by atoms with Crippen LogP contribution in [0.5, 0.6) is 5.75 Å². The molecule has 8 nitrogen and oxygen atoms in total. The summed E-state index contributed by atoms with van der Waals surface area (Å²) in [6.07, 6.45) is -0.343. The number of nitrogens with two attached hydrogens (primary N) is 1. The summed E-state index contributed by atoms with van der Waals surface area (Å²) in [5.74, 6) is -1.90. The van der Waals surface area contributed by atoms with Gasteiger partial charge in [-0.1, -0.05) is 12.1 Å². The lowest BCUT2D eigenvalue weighted by Gasteiger charge is -2.18. The predicted octanol–water partition coefficient (Wildman–Crippen LogP) is -0.302. The third-order valence-corrected chi connectivity index (χ3v) is 3.13. The fourth-order valence-corrected chi connectivity index (χ4v) is 1.89. The number of carbonyl (C=O) groups excluding carboxylic acids is 2. The first-order valence-corrected chi connectivity index (χ1v) is 6.86. The molecule has 0 radical (unpaired) electrons. The van der Waals surface area contributed by atoms with Crippen LogP contribution in [0.1, 0.15) is 12.0 Å². The number of amides is 1. The van der Waals surface area contributed by atoms with Crippen LogP contribution in [0.15, 0.2) is 24.3 Å². The van der Waals surface area contributed by atoms with Crippen LogP contribution in [0.2, 0.25) is 0 Å². The quantitative estimate of drug-likeness (QED) is 0.560. The van der Waals surface area contributed by atoms with Crippen LogP contribution in [0.25, 0.3) is 0 Å². The van der Waals surface area contributed by atoms with Gasteiger partial charge in [-0.3, -0.25) is 9.59 Å². The van der Waals surface area contributed by atoms with E-state index in [9.17, 15) is 14.4 Å². The molecule has 1 amide bonds. The topological polar surface area (TPSA) is 128 Å². The number of nitrogens with one attached hydrogen (secondary N) is 1. The Bertz CT molecular complexity index is 558. The third-order valence-electron chi connectivity index (χ3n) is 3.13. The molecule has 0 aliphatic rings. The third kappa shape index (κ3) is 5.95. The maximum Gasteiger partial charge on any atom is 0.328 e. The summed E-state index contributed by atoms with van der Waals surface area (Å²) >= 11 is 0. The van der Waals surface area contributed by atoms with Gasteiger partial charge in [0.2, 0.25) is 5.91 Å². The van der Waals surface area contributed by atoms with Crippen molar-refractivity contribution in [3.05, 3.63) is 29.8 Å². The fraction of sp³-hybridized carbons (Fsp3) is 0.400. The molecule has 0 heterocycles. The molecule has 0 bridgehead atoms. The number of carboxylic acids is 1. The van der Waals surface area contributed by atoms with E-state index in [1.807, 2.05) is 0 Å². The number of esters is 1. The van der Waals surface area contributed by atoms with E-state index in [4.69, 9.17) is 15.6 Å². The Kier molecular flexibility index (Phi) is 7.01. The van der Waals surface area contributed by atoms with Crippen molar-refractivity contribution in [1.29, 1.82) is 0 Å². The van der Waals surface area contributed by atoms with Crippen LogP contribution in [0, 0.1) is 0 Å².